The fourth-order valence-corrected chi connectivity index (χ4v) is 3.23. The van der Waals surface area contributed by atoms with Crippen LogP contribution in [-0.2, 0) is 26.1 Å². The second-order valence-electron chi connectivity index (χ2n) is 5.85. The Balaban J connectivity index is 1.80. The molecular weight excluding hydrogens is 402 g/mol. The number of carbonyl (C=O) groups is 1. The first-order valence-electron chi connectivity index (χ1n) is 8.53. The maximum Gasteiger partial charge on any atom is 0.269 e. The summed E-state index contributed by atoms with van der Waals surface area (Å²) in [5.41, 5.74) is 0.644. The van der Waals surface area contributed by atoms with Crippen molar-refractivity contribution in [2.24, 2.45) is 0 Å². The van der Waals surface area contributed by atoms with E-state index in [-0.39, 0.29) is 42.8 Å². The van der Waals surface area contributed by atoms with Crippen LogP contribution >= 0.6 is 0 Å². The van der Waals surface area contributed by atoms with E-state index in [0.29, 0.717) is 11.3 Å². The van der Waals surface area contributed by atoms with E-state index < -0.39 is 14.9 Å². The normalized spacial score (nSPS) is 11.1. The van der Waals surface area contributed by atoms with Gasteiger partial charge in [0.2, 0.25) is 10.0 Å². The van der Waals surface area contributed by atoms with Crippen LogP contribution in [0.15, 0.2) is 53.4 Å². The van der Waals surface area contributed by atoms with Gasteiger partial charge in [-0.05, 0) is 29.8 Å². The average molecular weight is 423 g/mol. The maximum absolute atomic E-state index is 12.1. The number of methoxy groups -OCH3 is 1. The molecule has 0 heterocycles. The number of nitro benzene ring substituents is 1. The number of nitro groups is 1. The van der Waals surface area contributed by atoms with Crippen LogP contribution < -0.4 is 14.8 Å². The number of sulfonamides is 1. The van der Waals surface area contributed by atoms with Gasteiger partial charge in [-0.15, -0.1) is 0 Å². The molecule has 2 N–H and O–H groups in total. The van der Waals surface area contributed by atoms with E-state index in [1.807, 2.05) is 0 Å². The van der Waals surface area contributed by atoms with Gasteiger partial charge < -0.3 is 14.8 Å². The summed E-state index contributed by atoms with van der Waals surface area (Å²) in [6, 6.07) is 11.5. The van der Waals surface area contributed by atoms with Gasteiger partial charge in [0.1, 0.15) is 5.75 Å². The Bertz CT molecular complexity index is 929. The van der Waals surface area contributed by atoms with Crippen molar-refractivity contribution in [1.29, 1.82) is 0 Å². The van der Waals surface area contributed by atoms with Gasteiger partial charge in [-0.25, -0.2) is 13.1 Å². The molecule has 0 spiro atoms. The number of non-ortho nitro benzene ring substituents is 1. The van der Waals surface area contributed by atoms with Gasteiger partial charge in [-0.2, -0.15) is 0 Å². The highest BCUT2D eigenvalue weighted by Crippen LogP contribution is 2.17. The minimum Gasteiger partial charge on any atom is -0.484 e. The Morgan fingerprint density at radius 1 is 1.10 bits per heavy atom. The van der Waals surface area contributed by atoms with Crippen LogP contribution in [0.2, 0.25) is 0 Å². The van der Waals surface area contributed by atoms with E-state index in [1.165, 1.54) is 43.5 Å². The van der Waals surface area contributed by atoms with Crippen LogP contribution in [0.5, 0.6) is 5.75 Å². The molecule has 10 nitrogen and oxygen atoms in total. The molecule has 156 valence electrons. The number of hydrogen-bond acceptors (Lipinski definition) is 7. The average Bonchev–Trinajstić information content (AvgIpc) is 2.71. The van der Waals surface area contributed by atoms with Gasteiger partial charge in [0, 0.05) is 32.3 Å². The largest absolute Gasteiger partial charge is 0.484 e. The summed E-state index contributed by atoms with van der Waals surface area (Å²) in [5.74, 6) is -0.0532. The van der Waals surface area contributed by atoms with E-state index >= 15 is 0 Å². The molecule has 29 heavy (non-hydrogen) atoms. The molecule has 11 heteroatoms. The molecular formula is C18H21N3O7S. The lowest BCUT2D eigenvalue weighted by atomic mass is 10.2. The summed E-state index contributed by atoms with van der Waals surface area (Å²) in [5, 5.41) is 13.2. The minimum absolute atomic E-state index is 0.0684. The van der Waals surface area contributed by atoms with Crippen LogP contribution in [0.1, 0.15) is 5.56 Å². The zero-order valence-electron chi connectivity index (χ0n) is 15.7. The predicted molar refractivity (Wildman–Crippen MR) is 104 cm³/mol. The van der Waals surface area contributed by atoms with Crippen LogP contribution in [0, 0.1) is 10.1 Å². The molecule has 0 aliphatic heterocycles. The van der Waals surface area contributed by atoms with E-state index in [2.05, 4.69) is 10.0 Å². The minimum atomic E-state index is -3.61. The maximum atomic E-state index is 12.1. The Morgan fingerprint density at radius 3 is 2.34 bits per heavy atom. The summed E-state index contributed by atoms with van der Waals surface area (Å²) in [4.78, 5) is 22.1. The molecule has 0 bridgehead atoms. The van der Waals surface area contributed by atoms with Gasteiger partial charge in [0.05, 0.1) is 16.4 Å². The molecule has 2 aromatic carbocycles. The molecule has 0 fully saturated rings. The molecule has 0 saturated carbocycles. The van der Waals surface area contributed by atoms with Crippen molar-refractivity contribution < 1.29 is 27.6 Å². The topological polar surface area (TPSA) is 137 Å². The summed E-state index contributed by atoms with van der Waals surface area (Å²) in [6.45, 7) is 0.379. The molecule has 2 aromatic rings. The van der Waals surface area contributed by atoms with Gasteiger partial charge in [0.15, 0.2) is 6.61 Å². The quantitative estimate of drug-likeness (QED) is 0.315. The number of ether oxygens (including phenoxy) is 2. The predicted octanol–water partition coefficient (Wildman–Crippen LogP) is 1.21. The van der Waals surface area contributed by atoms with Crippen molar-refractivity contribution >= 4 is 21.6 Å². The lowest BCUT2D eigenvalue weighted by Gasteiger charge is -2.09. The van der Waals surface area contributed by atoms with Crippen molar-refractivity contribution in [3.63, 3.8) is 0 Å². The second-order valence-corrected chi connectivity index (χ2v) is 7.62. The van der Waals surface area contributed by atoms with Crippen LogP contribution in [0.4, 0.5) is 5.69 Å². The molecule has 0 aromatic heterocycles. The van der Waals surface area contributed by atoms with E-state index in [0.717, 1.165) is 0 Å². The zero-order valence-corrected chi connectivity index (χ0v) is 16.5. The van der Waals surface area contributed by atoms with Crippen molar-refractivity contribution in [3.05, 3.63) is 64.2 Å². The summed E-state index contributed by atoms with van der Waals surface area (Å²) < 4.78 is 36.6. The number of rotatable bonds is 11. The fraction of sp³-hybridized carbons (Fsp3) is 0.278. The first-order chi connectivity index (χ1) is 13.8. The number of nitrogens with zero attached hydrogens (tertiary/aromatic N) is 1. The van der Waals surface area contributed by atoms with E-state index in [1.54, 1.807) is 12.1 Å². The third-order valence-corrected chi connectivity index (χ3v) is 5.22. The van der Waals surface area contributed by atoms with Crippen LogP contribution in [0.25, 0.3) is 0 Å². The lowest BCUT2D eigenvalue weighted by Crippen LogP contribution is -2.28. The van der Waals surface area contributed by atoms with Gasteiger partial charge in [-0.1, -0.05) is 12.1 Å². The van der Waals surface area contributed by atoms with Crippen LogP contribution in [-0.4, -0.2) is 46.1 Å². The van der Waals surface area contributed by atoms with Gasteiger partial charge >= 0.3 is 0 Å². The molecule has 0 saturated heterocycles. The Morgan fingerprint density at radius 2 is 1.76 bits per heavy atom. The Hall–Kier alpha value is -3.02. The third kappa shape index (κ3) is 7.14. The van der Waals surface area contributed by atoms with E-state index in [4.69, 9.17) is 9.47 Å². The van der Waals surface area contributed by atoms with Gasteiger partial charge in [-0.3, -0.25) is 14.9 Å². The molecule has 0 radical (unpaired) electrons. The molecule has 2 rings (SSSR count). The molecule has 0 atom stereocenters. The number of carbonyl (C=O) groups excluding carboxylic acids is 1. The Labute approximate surface area is 168 Å². The first kappa shape index (κ1) is 22.3. The number of nitrogens with one attached hydrogen (secondary N) is 2. The second kappa shape index (κ2) is 10.5. The standard InChI is InChI=1S/C18H21N3O7S/c1-27-11-10-20-29(25,26)17-8-2-14(3-9-17)12-19-18(22)13-28-16-6-4-15(5-7-16)21(23)24/h2-9,20H,10-13H2,1H3,(H,19,22). The van der Waals surface area contributed by atoms with Crippen molar-refractivity contribution in [3.8, 4) is 5.75 Å². The van der Waals surface area contributed by atoms with Gasteiger partial charge in [0.25, 0.3) is 11.6 Å². The summed E-state index contributed by atoms with van der Waals surface area (Å²) >= 11 is 0. The molecule has 0 unspecified atom stereocenters. The summed E-state index contributed by atoms with van der Waals surface area (Å²) in [6.07, 6.45) is 0. The number of hydrogen-bond donors (Lipinski definition) is 2. The van der Waals surface area contributed by atoms with Crippen molar-refractivity contribution in [2.75, 3.05) is 26.9 Å². The van der Waals surface area contributed by atoms with Crippen molar-refractivity contribution in [1.82, 2.24) is 10.0 Å². The summed E-state index contributed by atoms with van der Waals surface area (Å²) in [7, 11) is -2.13. The molecule has 0 aliphatic carbocycles. The third-order valence-electron chi connectivity index (χ3n) is 3.74. The number of amides is 1. The fourth-order valence-electron chi connectivity index (χ4n) is 2.21. The number of benzene rings is 2. The highest BCUT2D eigenvalue weighted by Gasteiger charge is 2.13. The molecule has 0 aliphatic rings. The lowest BCUT2D eigenvalue weighted by molar-refractivity contribution is -0.384. The highest BCUT2D eigenvalue weighted by atomic mass is 32.2. The molecule has 1 amide bonds. The Kier molecular flexibility index (Phi) is 8.07. The first-order valence-corrected chi connectivity index (χ1v) is 10.0. The SMILES string of the molecule is COCCNS(=O)(=O)c1ccc(CNC(=O)COc2ccc([N+](=O)[O-])cc2)cc1. The smallest absolute Gasteiger partial charge is 0.269 e. The monoisotopic (exact) mass is 423 g/mol. The van der Waals surface area contributed by atoms with E-state index in [9.17, 15) is 23.3 Å². The zero-order chi connectivity index (χ0) is 21.3. The highest BCUT2D eigenvalue weighted by molar-refractivity contribution is 7.89. The van der Waals surface area contributed by atoms with Crippen LogP contribution in [0.3, 0.4) is 0 Å². The van der Waals surface area contributed by atoms with Crippen molar-refractivity contribution in [2.45, 2.75) is 11.4 Å².